The summed E-state index contributed by atoms with van der Waals surface area (Å²) in [5.41, 5.74) is 3.52. The second kappa shape index (κ2) is 6.15. The number of hydrogen-bond acceptors (Lipinski definition) is 3. The zero-order valence-electron chi connectivity index (χ0n) is 12.3. The van der Waals surface area contributed by atoms with E-state index in [9.17, 15) is 5.11 Å². The van der Waals surface area contributed by atoms with Gasteiger partial charge in [-0.2, -0.15) is 0 Å². The van der Waals surface area contributed by atoms with Crippen molar-refractivity contribution in [2.24, 2.45) is 5.92 Å². The van der Waals surface area contributed by atoms with Gasteiger partial charge in [0.25, 0.3) is 0 Å². The van der Waals surface area contributed by atoms with Gasteiger partial charge in [-0.05, 0) is 74.4 Å². The minimum absolute atomic E-state index is 0.341. The summed E-state index contributed by atoms with van der Waals surface area (Å²) in [6, 6.07) is 4.29. The van der Waals surface area contributed by atoms with Crippen molar-refractivity contribution in [2.45, 2.75) is 45.1 Å². The number of fused-ring (bicyclic) bond motifs is 1. The van der Waals surface area contributed by atoms with Crippen molar-refractivity contribution < 1.29 is 9.84 Å². The van der Waals surface area contributed by atoms with Crippen LogP contribution in [0.2, 0.25) is 0 Å². The van der Waals surface area contributed by atoms with E-state index in [1.165, 1.54) is 17.5 Å². The molecule has 3 nitrogen and oxygen atoms in total. The number of rotatable bonds is 2. The highest BCUT2D eigenvalue weighted by Gasteiger charge is 2.24. The molecule has 0 aromatic heterocycles. The molecule has 1 saturated heterocycles. The molecule has 0 aliphatic carbocycles. The first-order chi connectivity index (χ1) is 9.75. The minimum atomic E-state index is -0.352. The molecule has 2 aliphatic heterocycles. The lowest BCUT2D eigenvalue weighted by Gasteiger charge is -2.28. The zero-order chi connectivity index (χ0) is 13.9. The highest BCUT2D eigenvalue weighted by Crippen LogP contribution is 2.34. The lowest BCUT2D eigenvalue weighted by molar-refractivity contribution is 0.0920. The van der Waals surface area contributed by atoms with Crippen LogP contribution in [0.4, 0.5) is 0 Å². The highest BCUT2D eigenvalue weighted by atomic mass is 16.5. The summed E-state index contributed by atoms with van der Waals surface area (Å²) < 4.78 is 5.87. The number of piperidine rings is 1. The first kappa shape index (κ1) is 13.9. The highest BCUT2D eigenvalue weighted by molar-refractivity contribution is 5.45. The largest absolute Gasteiger partial charge is 0.493 e. The van der Waals surface area contributed by atoms with E-state index in [2.05, 4.69) is 24.4 Å². The third-order valence-electron chi connectivity index (χ3n) is 4.58. The molecule has 2 N–H and O–H groups in total. The van der Waals surface area contributed by atoms with Crippen LogP contribution in [0.1, 0.15) is 48.5 Å². The molecule has 2 atom stereocenters. The van der Waals surface area contributed by atoms with Gasteiger partial charge >= 0.3 is 0 Å². The van der Waals surface area contributed by atoms with E-state index >= 15 is 0 Å². The predicted molar refractivity (Wildman–Crippen MR) is 80.2 cm³/mol. The summed E-state index contributed by atoms with van der Waals surface area (Å²) in [5, 5.41) is 14.0. The quantitative estimate of drug-likeness (QED) is 0.872. The van der Waals surface area contributed by atoms with Crippen LogP contribution in [0.5, 0.6) is 5.75 Å². The van der Waals surface area contributed by atoms with Crippen molar-refractivity contribution >= 4 is 0 Å². The summed E-state index contributed by atoms with van der Waals surface area (Å²) in [4.78, 5) is 0. The Morgan fingerprint density at radius 2 is 2.20 bits per heavy atom. The molecule has 20 heavy (non-hydrogen) atoms. The molecule has 0 bridgehead atoms. The maximum absolute atomic E-state index is 10.7. The molecule has 0 spiro atoms. The molecular weight excluding hydrogens is 250 g/mol. The van der Waals surface area contributed by atoms with Gasteiger partial charge < -0.3 is 15.2 Å². The Hall–Kier alpha value is -1.06. The molecule has 2 aliphatic rings. The average Bonchev–Trinajstić information content (AvgIpc) is 2.73. The molecule has 0 saturated carbocycles. The number of aliphatic hydroxyl groups excluding tert-OH is 1. The number of nitrogens with one attached hydrogen (secondary N) is 1. The second-order valence-electron chi connectivity index (χ2n) is 6.18. The van der Waals surface area contributed by atoms with E-state index in [-0.39, 0.29) is 6.10 Å². The van der Waals surface area contributed by atoms with E-state index in [4.69, 9.17) is 4.74 Å². The fourth-order valence-corrected chi connectivity index (χ4v) is 3.45. The van der Waals surface area contributed by atoms with Crippen molar-refractivity contribution in [2.75, 3.05) is 19.7 Å². The Morgan fingerprint density at radius 1 is 1.30 bits per heavy atom. The summed E-state index contributed by atoms with van der Waals surface area (Å²) in [6.07, 6.45) is 5.29. The first-order valence-electron chi connectivity index (χ1n) is 7.90. The molecule has 1 aromatic rings. The van der Waals surface area contributed by atoms with E-state index < -0.39 is 0 Å². The van der Waals surface area contributed by atoms with Gasteiger partial charge in [0.15, 0.2) is 0 Å². The van der Waals surface area contributed by atoms with Crippen molar-refractivity contribution in [1.29, 1.82) is 0 Å². The summed E-state index contributed by atoms with van der Waals surface area (Å²) in [6.45, 7) is 4.93. The lowest BCUT2D eigenvalue weighted by atomic mass is 9.87. The van der Waals surface area contributed by atoms with E-state index in [1.807, 2.05) is 0 Å². The van der Waals surface area contributed by atoms with Gasteiger partial charge in [-0.15, -0.1) is 0 Å². The van der Waals surface area contributed by atoms with Gasteiger partial charge in [-0.25, -0.2) is 0 Å². The van der Waals surface area contributed by atoms with Crippen LogP contribution in [0.15, 0.2) is 12.1 Å². The van der Waals surface area contributed by atoms with Crippen molar-refractivity contribution in [1.82, 2.24) is 5.32 Å². The molecule has 0 amide bonds. The molecule has 1 aromatic carbocycles. The van der Waals surface area contributed by atoms with Crippen LogP contribution in [0, 0.1) is 12.8 Å². The standard InChI is InChI=1S/C17H25NO2/c1-12-9-15(16(19)14-6-4-7-18-11-14)10-13-5-2-3-8-20-17(12)13/h9-10,14,16,18-19H,2-8,11H2,1H3. The smallest absolute Gasteiger partial charge is 0.125 e. The third kappa shape index (κ3) is 2.84. The number of ether oxygens (including phenoxy) is 1. The molecule has 1 fully saturated rings. The van der Waals surface area contributed by atoms with Gasteiger partial charge in [0.05, 0.1) is 12.7 Å². The monoisotopic (exact) mass is 275 g/mol. The molecule has 2 heterocycles. The summed E-state index contributed by atoms with van der Waals surface area (Å²) >= 11 is 0. The fourth-order valence-electron chi connectivity index (χ4n) is 3.45. The Kier molecular flexibility index (Phi) is 4.27. The van der Waals surface area contributed by atoms with Crippen LogP contribution in [0.3, 0.4) is 0 Å². The predicted octanol–water partition coefficient (Wildman–Crippen LogP) is 2.74. The van der Waals surface area contributed by atoms with Gasteiger partial charge in [0.2, 0.25) is 0 Å². The van der Waals surface area contributed by atoms with Gasteiger partial charge in [-0.3, -0.25) is 0 Å². The van der Waals surface area contributed by atoms with Gasteiger partial charge in [0, 0.05) is 12.5 Å². The van der Waals surface area contributed by atoms with E-state index in [0.29, 0.717) is 5.92 Å². The first-order valence-corrected chi connectivity index (χ1v) is 7.90. The topological polar surface area (TPSA) is 41.5 Å². The fraction of sp³-hybridized carbons (Fsp3) is 0.647. The van der Waals surface area contributed by atoms with E-state index in [0.717, 1.165) is 56.7 Å². The lowest BCUT2D eigenvalue weighted by Crippen LogP contribution is -2.33. The minimum Gasteiger partial charge on any atom is -0.493 e. The molecule has 0 radical (unpaired) electrons. The SMILES string of the molecule is Cc1cc(C(O)C2CCCNC2)cc2c1OCCCC2. The van der Waals surface area contributed by atoms with Gasteiger partial charge in [-0.1, -0.05) is 0 Å². The molecule has 3 heteroatoms. The Labute approximate surface area is 121 Å². The molecule has 110 valence electrons. The maximum atomic E-state index is 10.7. The summed E-state index contributed by atoms with van der Waals surface area (Å²) in [5.74, 6) is 1.40. The molecule has 3 rings (SSSR count). The second-order valence-corrected chi connectivity index (χ2v) is 6.18. The summed E-state index contributed by atoms with van der Waals surface area (Å²) in [7, 11) is 0. The maximum Gasteiger partial charge on any atom is 0.125 e. The van der Waals surface area contributed by atoms with Crippen molar-refractivity contribution in [3.63, 3.8) is 0 Å². The van der Waals surface area contributed by atoms with Crippen LogP contribution in [0.25, 0.3) is 0 Å². The number of aliphatic hydroxyl groups is 1. The number of hydrogen-bond donors (Lipinski definition) is 2. The normalized spacial score (nSPS) is 24.4. The van der Waals surface area contributed by atoms with Crippen LogP contribution in [-0.4, -0.2) is 24.8 Å². The molecular formula is C17H25NO2. The third-order valence-corrected chi connectivity index (χ3v) is 4.58. The van der Waals surface area contributed by atoms with Crippen LogP contribution >= 0.6 is 0 Å². The zero-order valence-corrected chi connectivity index (χ0v) is 12.3. The number of aryl methyl sites for hydroxylation is 2. The van der Waals surface area contributed by atoms with Crippen molar-refractivity contribution in [3.8, 4) is 5.75 Å². The van der Waals surface area contributed by atoms with Crippen molar-refractivity contribution in [3.05, 3.63) is 28.8 Å². The molecule has 2 unspecified atom stereocenters. The van der Waals surface area contributed by atoms with Crippen LogP contribution in [-0.2, 0) is 6.42 Å². The number of benzene rings is 1. The van der Waals surface area contributed by atoms with Gasteiger partial charge in [0.1, 0.15) is 5.75 Å². The van der Waals surface area contributed by atoms with Crippen LogP contribution < -0.4 is 10.1 Å². The Bertz CT molecular complexity index is 466. The average molecular weight is 275 g/mol. The Balaban J connectivity index is 1.86. The Morgan fingerprint density at radius 3 is 3.00 bits per heavy atom. The van der Waals surface area contributed by atoms with E-state index in [1.54, 1.807) is 0 Å².